The van der Waals surface area contributed by atoms with Crippen molar-refractivity contribution in [2.24, 2.45) is 0 Å². The zero-order chi connectivity index (χ0) is 23.3. The summed E-state index contributed by atoms with van der Waals surface area (Å²) < 4.78 is 10.4. The molecule has 0 aliphatic heterocycles. The molecule has 3 aromatic heterocycles. The van der Waals surface area contributed by atoms with Crippen molar-refractivity contribution in [2.75, 3.05) is 13.2 Å². The normalized spacial score (nSPS) is 11.8. The number of nitrogens with one attached hydrogen (secondary N) is 1. The Bertz CT molecular complexity index is 1090. The van der Waals surface area contributed by atoms with E-state index in [0.717, 1.165) is 5.69 Å². The Kier molecular flexibility index (Phi) is 7.25. The van der Waals surface area contributed by atoms with Gasteiger partial charge < -0.3 is 19.0 Å². The Labute approximate surface area is 186 Å². The summed E-state index contributed by atoms with van der Waals surface area (Å²) >= 11 is 0. The molecule has 0 aliphatic rings. The maximum Gasteiger partial charge on any atom is 0.355 e. The quantitative estimate of drug-likeness (QED) is 0.404. The molecule has 3 rings (SSSR count). The number of H-pyrrole nitrogens is 1. The smallest absolute Gasteiger partial charge is 0.355 e. The van der Waals surface area contributed by atoms with Gasteiger partial charge in [0.15, 0.2) is 11.5 Å². The van der Waals surface area contributed by atoms with Crippen LogP contribution in [-0.4, -0.2) is 51.7 Å². The molecule has 0 radical (unpaired) electrons. The molecule has 8 heteroatoms. The number of carbonyl (C=O) groups is 3. The highest BCUT2D eigenvalue weighted by molar-refractivity contribution is 6.07. The van der Waals surface area contributed by atoms with E-state index in [0.29, 0.717) is 23.2 Å². The lowest BCUT2D eigenvalue weighted by atomic mass is 9.99. The molecule has 0 aliphatic carbocycles. The first kappa shape index (κ1) is 23.0. The van der Waals surface area contributed by atoms with Crippen LogP contribution in [0, 0.1) is 13.8 Å². The Morgan fingerprint density at radius 2 is 1.97 bits per heavy atom. The van der Waals surface area contributed by atoms with Gasteiger partial charge in [0, 0.05) is 36.1 Å². The van der Waals surface area contributed by atoms with Crippen molar-refractivity contribution in [2.45, 2.75) is 40.2 Å². The van der Waals surface area contributed by atoms with Crippen LogP contribution in [0.2, 0.25) is 0 Å². The average molecular weight is 437 g/mol. The summed E-state index contributed by atoms with van der Waals surface area (Å²) in [4.78, 5) is 47.6. The zero-order valence-corrected chi connectivity index (χ0v) is 18.7. The minimum Gasteiger partial charge on any atom is -0.461 e. The molecule has 0 spiro atoms. The molecule has 1 N–H and O–H groups in total. The van der Waals surface area contributed by atoms with E-state index < -0.39 is 12.0 Å². The SMILES string of the molecule is CCOC(=O)c1[nH]c(C)c(C(=O)C(C)N(CCc2ccccn2)C(=O)c2ccco2)c1C. The zero-order valence-electron chi connectivity index (χ0n) is 18.7. The van der Waals surface area contributed by atoms with Crippen LogP contribution in [0.3, 0.4) is 0 Å². The van der Waals surface area contributed by atoms with Gasteiger partial charge in [-0.15, -0.1) is 0 Å². The predicted octanol–water partition coefficient (Wildman–Crippen LogP) is 3.75. The molecule has 0 fully saturated rings. The summed E-state index contributed by atoms with van der Waals surface area (Å²) in [5.74, 6) is -1.02. The van der Waals surface area contributed by atoms with Gasteiger partial charge in [-0.2, -0.15) is 0 Å². The molecule has 1 atom stereocenters. The number of rotatable bonds is 9. The van der Waals surface area contributed by atoms with Crippen molar-refractivity contribution >= 4 is 17.7 Å². The standard InChI is InChI=1S/C24H27N3O5/c1-5-31-24(30)21-15(2)20(16(3)26-21)22(28)17(4)27(23(29)19-10-8-14-32-19)13-11-18-9-6-7-12-25-18/h6-10,12,14,17,26H,5,11,13H2,1-4H3. The second kappa shape index (κ2) is 10.1. The average Bonchev–Trinajstić information content (AvgIpc) is 3.42. The van der Waals surface area contributed by atoms with E-state index in [4.69, 9.17) is 9.15 Å². The maximum atomic E-state index is 13.5. The highest BCUT2D eigenvalue weighted by Gasteiger charge is 2.32. The number of Topliss-reactive ketones (excluding diaryl/α,β-unsaturated/α-hetero) is 1. The van der Waals surface area contributed by atoms with E-state index in [9.17, 15) is 14.4 Å². The van der Waals surface area contributed by atoms with Crippen LogP contribution in [0.15, 0.2) is 47.2 Å². The minimum absolute atomic E-state index is 0.153. The van der Waals surface area contributed by atoms with Crippen LogP contribution < -0.4 is 0 Å². The van der Waals surface area contributed by atoms with Gasteiger partial charge in [0.1, 0.15) is 5.69 Å². The number of aromatic amines is 1. The molecular weight excluding hydrogens is 410 g/mol. The maximum absolute atomic E-state index is 13.5. The largest absolute Gasteiger partial charge is 0.461 e. The lowest BCUT2D eigenvalue weighted by Crippen LogP contribution is -2.44. The monoisotopic (exact) mass is 437 g/mol. The number of ether oxygens (including phenoxy) is 1. The number of aromatic nitrogens is 2. The van der Waals surface area contributed by atoms with Gasteiger partial charge in [0.25, 0.3) is 5.91 Å². The van der Waals surface area contributed by atoms with E-state index in [1.165, 1.54) is 11.2 Å². The predicted molar refractivity (Wildman–Crippen MR) is 118 cm³/mol. The second-order valence-corrected chi connectivity index (χ2v) is 7.43. The van der Waals surface area contributed by atoms with Crippen molar-refractivity contribution in [3.8, 4) is 0 Å². The molecular formula is C24H27N3O5. The highest BCUT2D eigenvalue weighted by atomic mass is 16.5. The summed E-state index contributed by atoms with van der Waals surface area (Å²) in [6.07, 6.45) is 3.58. The van der Waals surface area contributed by atoms with E-state index in [2.05, 4.69) is 9.97 Å². The fraction of sp³-hybridized carbons (Fsp3) is 0.333. The number of hydrogen-bond acceptors (Lipinski definition) is 6. The lowest BCUT2D eigenvalue weighted by Gasteiger charge is -2.28. The number of amides is 1. The van der Waals surface area contributed by atoms with Crippen LogP contribution in [0.4, 0.5) is 0 Å². The van der Waals surface area contributed by atoms with Crippen molar-refractivity contribution in [3.05, 3.63) is 76.8 Å². The van der Waals surface area contributed by atoms with Gasteiger partial charge in [-0.25, -0.2) is 4.79 Å². The van der Waals surface area contributed by atoms with E-state index >= 15 is 0 Å². The van der Waals surface area contributed by atoms with Gasteiger partial charge >= 0.3 is 5.97 Å². The molecule has 1 amide bonds. The van der Waals surface area contributed by atoms with Crippen LogP contribution >= 0.6 is 0 Å². The number of hydrogen-bond donors (Lipinski definition) is 1. The Hall–Kier alpha value is -3.68. The first-order valence-electron chi connectivity index (χ1n) is 10.5. The Balaban J connectivity index is 1.90. The minimum atomic E-state index is -0.792. The van der Waals surface area contributed by atoms with Crippen molar-refractivity contribution < 1.29 is 23.5 Å². The topological polar surface area (TPSA) is 106 Å². The van der Waals surface area contributed by atoms with Gasteiger partial charge in [-0.05, 0) is 57.5 Å². The van der Waals surface area contributed by atoms with E-state index in [-0.39, 0.29) is 36.3 Å². The van der Waals surface area contributed by atoms with Crippen molar-refractivity contribution in [3.63, 3.8) is 0 Å². The molecule has 8 nitrogen and oxygen atoms in total. The number of esters is 1. The summed E-state index contributed by atoms with van der Waals surface area (Å²) in [5, 5.41) is 0. The molecule has 0 bridgehead atoms. The van der Waals surface area contributed by atoms with Gasteiger partial charge in [-0.1, -0.05) is 6.07 Å². The van der Waals surface area contributed by atoms with Crippen LogP contribution in [0.25, 0.3) is 0 Å². The molecule has 0 saturated heterocycles. The summed E-state index contributed by atoms with van der Waals surface area (Å²) in [7, 11) is 0. The molecule has 168 valence electrons. The summed E-state index contributed by atoms with van der Waals surface area (Å²) in [6, 6.07) is 7.97. The Morgan fingerprint density at radius 1 is 1.19 bits per heavy atom. The molecule has 3 aromatic rings. The van der Waals surface area contributed by atoms with Crippen LogP contribution in [-0.2, 0) is 11.2 Å². The molecule has 1 unspecified atom stereocenters. The van der Waals surface area contributed by atoms with Gasteiger partial charge in [-0.3, -0.25) is 14.6 Å². The molecule has 0 aromatic carbocycles. The fourth-order valence-electron chi connectivity index (χ4n) is 3.67. The number of nitrogens with zero attached hydrogens (tertiary/aromatic N) is 2. The second-order valence-electron chi connectivity index (χ2n) is 7.43. The first-order valence-corrected chi connectivity index (χ1v) is 10.5. The third kappa shape index (κ3) is 4.80. The van der Waals surface area contributed by atoms with E-state index in [1.807, 2.05) is 18.2 Å². The number of aryl methyl sites for hydroxylation is 1. The van der Waals surface area contributed by atoms with Crippen molar-refractivity contribution in [1.29, 1.82) is 0 Å². The van der Waals surface area contributed by atoms with Crippen LogP contribution in [0.5, 0.6) is 0 Å². The van der Waals surface area contributed by atoms with Gasteiger partial charge in [0.05, 0.1) is 18.9 Å². The summed E-state index contributed by atoms with van der Waals surface area (Å²) in [6.45, 7) is 7.32. The highest BCUT2D eigenvalue weighted by Crippen LogP contribution is 2.23. The molecule has 32 heavy (non-hydrogen) atoms. The van der Waals surface area contributed by atoms with Gasteiger partial charge in [0.2, 0.25) is 0 Å². The van der Waals surface area contributed by atoms with Crippen molar-refractivity contribution in [1.82, 2.24) is 14.9 Å². The third-order valence-corrected chi connectivity index (χ3v) is 5.34. The summed E-state index contributed by atoms with van der Waals surface area (Å²) in [5.41, 5.74) is 2.50. The van der Waals surface area contributed by atoms with Crippen LogP contribution in [0.1, 0.15) is 62.2 Å². The molecule has 3 heterocycles. The number of ketones is 1. The number of pyridine rings is 1. The molecule has 0 saturated carbocycles. The third-order valence-electron chi connectivity index (χ3n) is 5.34. The lowest BCUT2D eigenvalue weighted by molar-refractivity contribution is 0.0518. The Morgan fingerprint density at radius 3 is 2.59 bits per heavy atom. The number of carbonyl (C=O) groups excluding carboxylic acids is 3. The first-order chi connectivity index (χ1) is 15.3. The fourth-order valence-corrected chi connectivity index (χ4v) is 3.67. The van der Waals surface area contributed by atoms with E-state index in [1.54, 1.807) is 46.0 Å². The number of furan rings is 1.